The van der Waals surface area contributed by atoms with Crippen LogP contribution in [0.15, 0.2) is 11.1 Å². The number of carbonyl (C=O) groups excluding carboxylic acids is 2. The average Bonchev–Trinajstić information content (AvgIpc) is 2.81. The van der Waals surface area contributed by atoms with Crippen molar-refractivity contribution in [2.24, 2.45) is 0 Å². The Balaban J connectivity index is 2.68. The summed E-state index contributed by atoms with van der Waals surface area (Å²) in [6.07, 6.45) is 0.626. The maximum atomic E-state index is 12.0. The van der Waals surface area contributed by atoms with Crippen LogP contribution < -0.4 is 5.32 Å². The summed E-state index contributed by atoms with van der Waals surface area (Å²) in [7, 11) is 1.58. The van der Waals surface area contributed by atoms with Gasteiger partial charge in [-0.3, -0.25) is 10.1 Å². The van der Waals surface area contributed by atoms with Gasteiger partial charge in [-0.1, -0.05) is 0 Å². The first-order chi connectivity index (χ1) is 9.25. The Bertz CT molecular complexity index is 458. The fourth-order valence-electron chi connectivity index (χ4n) is 1.99. The molecular weight excluding hydrogens is 264 g/mol. The number of rotatable bonds is 3. The molecule has 2 N–H and O–H groups in total. The van der Waals surface area contributed by atoms with E-state index in [9.17, 15) is 14.4 Å². The number of hydrogen-bond donors (Lipinski definition) is 2. The third-order valence-electron chi connectivity index (χ3n) is 3.60. The zero-order valence-electron chi connectivity index (χ0n) is 12.1. The minimum atomic E-state index is -1.18. The highest BCUT2D eigenvalue weighted by Gasteiger charge is 2.31. The molecule has 0 aromatic heterocycles. The van der Waals surface area contributed by atoms with Crippen molar-refractivity contribution in [2.45, 2.75) is 39.3 Å². The molecule has 1 aliphatic heterocycles. The summed E-state index contributed by atoms with van der Waals surface area (Å²) in [5, 5.41) is 11.0. The van der Waals surface area contributed by atoms with Gasteiger partial charge in [0.1, 0.15) is 0 Å². The standard InChI is InChI=1S/C13H20N2O5/c1-7(8(2)12(17)18)11(16)14-13(19)15(4)10-5-6-20-9(10)3/h9-10H,5-6H2,1-4H3,(H,17,18)(H,14,16,19). The predicted molar refractivity (Wildman–Crippen MR) is 71.1 cm³/mol. The molecule has 1 rings (SSSR count). The van der Waals surface area contributed by atoms with Crippen LogP contribution in [0.1, 0.15) is 27.2 Å². The highest BCUT2D eigenvalue weighted by molar-refractivity contribution is 6.07. The number of likely N-dealkylation sites (N-methyl/N-ethyl adjacent to an activating group) is 1. The average molecular weight is 284 g/mol. The van der Waals surface area contributed by atoms with Crippen molar-refractivity contribution in [2.75, 3.05) is 13.7 Å². The van der Waals surface area contributed by atoms with E-state index in [1.165, 1.54) is 18.7 Å². The number of ether oxygens (including phenoxy) is 1. The highest BCUT2D eigenvalue weighted by atomic mass is 16.5. The highest BCUT2D eigenvalue weighted by Crippen LogP contribution is 2.18. The van der Waals surface area contributed by atoms with E-state index in [4.69, 9.17) is 9.84 Å². The molecule has 2 unspecified atom stereocenters. The van der Waals surface area contributed by atoms with Crippen molar-refractivity contribution in [3.63, 3.8) is 0 Å². The summed E-state index contributed by atoms with van der Waals surface area (Å²) in [5.74, 6) is -1.88. The molecule has 7 nitrogen and oxygen atoms in total. The van der Waals surface area contributed by atoms with E-state index in [0.717, 1.165) is 0 Å². The molecule has 7 heteroatoms. The Morgan fingerprint density at radius 1 is 1.25 bits per heavy atom. The SMILES string of the molecule is CC(C(=O)O)=C(C)C(=O)NC(=O)N(C)C1CCOC1C. The summed E-state index contributed by atoms with van der Waals surface area (Å²) in [6, 6.07) is -0.650. The number of hydrogen-bond acceptors (Lipinski definition) is 4. The lowest BCUT2D eigenvalue weighted by atomic mass is 10.1. The molecule has 20 heavy (non-hydrogen) atoms. The Morgan fingerprint density at radius 3 is 2.30 bits per heavy atom. The lowest BCUT2D eigenvalue weighted by Crippen LogP contribution is -2.48. The van der Waals surface area contributed by atoms with Crippen LogP contribution in [-0.2, 0) is 14.3 Å². The molecule has 0 spiro atoms. The van der Waals surface area contributed by atoms with Crippen LogP contribution >= 0.6 is 0 Å². The number of nitrogens with one attached hydrogen (secondary N) is 1. The number of carboxylic acid groups (broad SMARTS) is 1. The molecule has 1 fully saturated rings. The second-order valence-electron chi connectivity index (χ2n) is 4.86. The zero-order chi connectivity index (χ0) is 15.4. The van der Waals surface area contributed by atoms with Gasteiger partial charge in [0.2, 0.25) is 0 Å². The Labute approximate surface area is 117 Å². The van der Waals surface area contributed by atoms with Crippen molar-refractivity contribution in [1.29, 1.82) is 0 Å². The van der Waals surface area contributed by atoms with E-state index >= 15 is 0 Å². The first-order valence-electron chi connectivity index (χ1n) is 6.36. The summed E-state index contributed by atoms with van der Waals surface area (Å²) < 4.78 is 5.37. The fraction of sp³-hybridized carbons (Fsp3) is 0.615. The summed E-state index contributed by atoms with van der Waals surface area (Å²) in [5.41, 5.74) is -0.0782. The van der Waals surface area contributed by atoms with E-state index in [-0.39, 0.29) is 23.3 Å². The van der Waals surface area contributed by atoms with E-state index in [2.05, 4.69) is 5.32 Å². The van der Waals surface area contributed by atoms with Gasteiger partial charge < -0.3 is 14.7 Å². The minimum Gasteiger partial charge on any atom is -0.478 e. The lowest BCUT2D eigenvalue weighted by Gasteiger charge is -2.26. The molecule has 0 aromatic rings. The van der Waals surface area contributed by atoms with Crippen molar-refractivity contribution in [3.8, 4) is 0 Å². The quantitative estimate of drug-likeness (QED) is 0.746. The Kier molecular flexibility index (Phi) is 5.26. The van der Waals surface area contributed by atoms with Crippen LogP contribution in [0.2, 0.25) is 0 Å². The molecule has 0 radical (unpaired) electrons. The van der Waals surface area contributed by atoms with Gasteiger partial charge in [0.05, 0.1) is 12.1 Å². The molecule has 1 heterocycles. The normalized spacial score (nSPS) is 23.0. The number of carboxylic acids is 1. The van der Waals surface area contributed by atoms with Gasteiger partial charge >= 0.3 is 12.0 Å². The molecule has 1 saturated heterocycles. The minimum absolute atomic E-state index is 0.00923. The van der Waals surface area contributed by atoms with Crippen molar-refractivity contribution in [3.05, 3.63) is 11.1 Å². The first-order valence-corrected chi connectivity index (χ1v) is 6.36. The van der Waals surface area contributed by atoms with E-state index < -0.39 is 17.9 Å². The number of urea groups is 1. The number of aliphatic carboxylic acids is 1. The van der Waals surface area contributed by atoms with E-state index in [1.807, 2.05) is 6.92 Å². The van der Waals surface area contributed by atoms with E-state index in [0.29, 0.717) is 13.0 Å². The van der Waals surface area contributed by atoms with Gasteiger partial charge in [0.15, 0.2) is 0 Å². The molecule has 2 atom stereocenters. The maximum Gasteiger partial charge on any atom is 0.331 e. The van der Waals surface area contributed by atoms with Gasteiger partial charge in [0.25, 0.3) is 5.91 Å². The molecule has 0 saturated carbocycles. The Hall–Kier alpha value is -1.89. The topological polar surface area (TPSA) is 95.9 Å². The van der Waals surface area contributed by atoms with Crippen LogP contribution in [0, 0.1) is 0 Å². The molecule has 3 amide bonds. The van der Waals surface area contributed by atoms with Gasteiger partial charge in [-0.25, -0.2) is 9.59 Å². The largest absolute Gasteiger partial charge is 0.478 e. The van der Waals surface area contributed by atoms with Crippen LogP contribution in [0.4, 0.5) is 4.79 Å². The third kappa shape index (κ3) is 3.57. The summed E-state index contributed by atoms with van der Waals surface area (Å²) >= 11 is 0. The lowest BCUT2D eigenvalue weighted by molar-refractivity contribution is -0.133. The number of amides is 3. The number of imide groups is 1. The maximum absolute atomic E-state index is 12.0. The number of nitrogens with zero attached hydrogens (tertiary/aromatic N) is 1. The predicted octanol–water partition coefficient (Wildman–Crippen LogP) is 0.753. The van der Waals surface area contributed by atoms with Crippen LogP contribution in [0.5, 0.6) is 0 Å². The molecular formula is C13H20N2O5. The molecule has 0 bridgehead atoms. The molecule has 1 aliphatic rings. The van der Waals surface area contributed by atoms with Crippen LogP contribution in [-0.4, -0.2) is 53.7 Å². The number of carbonyl (C=O) groups is 3. The summed E-state index contributed by atoms with van der Waals surface area (Å²) in [4.78, 5) is 35.9. The molecule has 0 aromatic carbocycles. The molecule has 0 aliphatic carbocycles. The zero-order valence-corrected chi connectivity index (χ0v) is 12.1. The van der Waals surface area contributed by atoms with Crippen LogP contribution in [0.25, 0.3) is 0 Å². The second kappa shape index (κ2) is 6.51. The first kappa shape index (κ1) is 16.2. The Morgan fingerprint density at radius 2 is 1.85 bits per heavy atom. The van der Waals surface area contributed by atoms with Gasteiger partial charge in [-0.15, -0.1) is 0 Å². The van der Waals surface area contributed by atoms with Gasteiger partial charge in [-0.05, 0) is 27.2 Å². The van der Waals surface area contributed by atoms with Crippen molar-refractivity contribution in [1.82, 2.24) is 10.2 Å². The van der Waals surface area contributed by atoms with E-state index in [1.54, 1.807) is 7.05 Å². The van der Waals surface area contributed by atoms with Crippen molar-refractivity contribution < 1.29 is 24.2 Å². The van der Waals surface area contributed by atoms with Crippen LogP contribution in [0.3, 0.4) is 0 Å². The monoisotopic (exact) mass is 284 g/mol. The third-order valence-corrected chi connectivity index (χ3v) is 3.60. The fourth-order valence-corrected chi connectivity index (χ4v) is 1.99. The van der Waals surface area contributed by atoms with Gasteiger partial charge in [0, 0.05) is 24.8 Å². The smallest absolute Gasteiger partial charge is 0.331 e. The molecule has 112 valence electrons. The second-order valence-corrected chi connectivity index (χ2v) is 4.86. The van der Waals surface area contributed by atoms with Gasteiger partial charge in [-0.2, -0.15) is 0 Å². The van der Waals surface area contributed by atoms with Crippen molar-refractivity contribution >= 4 is 17.9 Å². The summed E-state index contributed by atoms with van der Waals surface area (Å²) in [6.45, 7) is 5.13.